The maximum atomic E-state index is 14.4. The lowest BCUT2D eigenvalue weighted by molar-refractivity contribution is -0.141. The molecule has 1 saturated heterocycles. The molecule has 1 aromatic carbocycles. The first-order valence-electron chi connectivity index (χ1n) is 18.2. The number of rotatable bonds is 7. The van der Waals surface area contributed by atoms with Gasteiger partial charge in [-0.2, -0.15) is 0 Å². The zero-order valence-electron chi connectivity index (χ0n) is 30.2. The third kappa shape index (κ3) is 8.94. The van der Waals surface area contributed by atoms with Gasteiger partial charge in [0.05, 0.1) is 17.5 Å². The highest BCUT2D eigenvalue weighted by atomic mass is 32.2. The maximum Gasteiger partial charge on any atom is 0.408 e. The van der Waals surface area contributed by atoms with E-state index in [4.69, 9.17) is 9.47 Å². The molecule has 2 aliphatic heterocycles. The van der Waals surface area contributed by atoms with Crippen molar-refractivity contribution in [3.63, 3.8) is 0 Å². The van der Waals surface area contributed by atoms with Crippen molar-refractivity contribution in [2.75, 3.05) is 6.54 Å². The van der Waals surface area contributed by atoms with E-state index in [1.54, 1.807) is 26.8 Å². The number of nitrogens with one attached hydrogen (secondary N) is 3. The van der Waals surface area contributed by atoms with Crippen LogP contribution in [-0.4, -0.2) is 83.2 Å². The van der Waals surface area contributed by atoms with Gasteiger partial charge in [-0.25, -0.2) is 13.2 Å². The standard InChI is InChI=1S/C38H49N5O8S/c1-24-19-27(20-31(39-24)25-13-9-8-10-14-25)50-28-21-32-33(44)41-38(35(46)42-52(48,49)29-17-18-29)22-26(38)15-11-6-5-7-12-16-30(34(45)43(32)23-28)40-36(47)51-37(2,3)4/h8-11,13-15,19-20,26,28-30,32H,5-7,12,16-18,21-23H2,1-4H3,(H,40,47)(H,41,44)(H,42,46)/b15-11+/t26-,28-,30+,32+,38-/m1/s1. The summed E-state index contributed by atoms with van der Waals surface area (Å²) in [6.45, 7) is 7.09. The summed E-state index contributed by atoms with van der Waals surface area (Å²) in [6.07, 6.45) is 6.99. The molecule has 4 aliphatic rings. The summed E-state index contributed by atoms with van der Waals surface area (Å²) in [4.78, 5) is 61.4. The van der Waals surface area contributed by atoms with E-state index in [0.717, 1.165) is 24.1 Å². The van der Waals surface area contributed by atoms with Crippen LogP contribution in [0.25, 0.3) is 11.3 Å². The van der Waals surface area contributed by atoms with Crippen LogP contribution in [0.2, 0.25) is 0 Å². The molecular formula is C38H49N5O8S. The molecule has 52 heavy (non-hydrogen) atoms. The van der Waals surface area contributed by atoms with Crippen LogP contribution in [0.3, 0.4) is 0 Å². The van der Waals surface area contributed by atoms with Gasteiger partial charge in [-0.1, -0.05) is 55.3 Å². The topological polar surface area (TPSA) is 173 Å². The molecule has 5 atom stereocenters. The zero-order chi connectivity index (χ0) is 37.3. The minimum absolute atomic E-state index is 0.0318. The van der Waals surface area contributed by atoms with Gasteiger partial charge < -0.3 is 25.0 Å². The van der Waals surface area contributed by atoms with Gasteiger partial charge in [-0.05, 0) is 66.2 Å². The Hall–Kier alpha value is -4.46. The highest BCUT2D eigenvalue weighted by Crippen LogP contribution is 2.46. The molecule has 0 spiro atoms. The summed E-state index contributed by atoms with van der Waals surface area (Å²) >= 11 is 0. The summed E-state index contributed by atoms with van der Waals surface area (Å²) < 4.78 is 39.8. The van der Waals surface area contributed by atoms with Crippen molar-refractivity contribution in [3.8, 4) is 17.0 Å². The number of aromatic nitrogens is 1. The van der Waals surface area contributed by atoms with Crippen molar-refractivity contribution in [3.05, 3.63) is 60.3 Å². The first-order chi connectivity index (χ1) is 24.6. The number of hydrogen-bond donors (Lipinski definition) is 3. The summed E-state index contributed by atoms with van der Waals surface area (Å²) in [5.74, 6) is -1.74. The van der Waals surface area contributed by atoms with Crippen LogP contribution in [0.5, 0.6) is 5.75 Å². The number of carbonyl (C=O) groups is 4. The number of nitrogens with zero attached hydrogens (tertiary/aromatic N) is 2. The number of allylic oxidation sites excluding steroid dienone is 1. The molecule has 2 aliphatic carbocycles. The van der Waals surface area contributed by atoms with Crippen molar-refractivity contribution in [1.29, 1.82) is 0 Å². The molecule has 2 saturated carbocycles. The van der Waals surface area contributed by atoms with Gasteiger partial charge in [0.1, 0.15) is 35.1 Å². The monoisotopic (exact) mass is 735 g/mol. The van der Waals surface area contributed by atoms with E-state index in [2.05, 4.69) is 20.3 Å². The minimum Gasteiger partial charge on any atom is -0.488 e. The number of aryl methyl sites for hydroxylation is 1. The highest BCUT2D eigenvalue weighted by molar-refractivity contribution is 7.91. The number of hydrogen-bond acceptors (Lipinski definition) is 9. The van der Waals surface area contributed by atoms with E-state index >= 15 is 0 Å². The van der Waals surface area contributed by atoms with Crippen LogP contribution in [0.1, 0.15) is 84.3 Å². The Labute approximate surface area is 305 Å². The normalized spacial score (nSPS) is 27.5. The number of fused-ring (bicyclic) bond motifs is 2. The van der Waals surface area contributed by atoms with Gasteiger partial charge in [0, 0.05) is 35.7 Å². The van der Waals surface area contributed by atoms with Crippen LogP contribution < -0.4 is 20.1 Å². The van der Waals surface area contributed by atoms with Crippen LogP contribution in [0.15, 0.2) is 54.6 Å². The number of benzene rings is 1. The Kier molecular flexibility index (Phi) is 10.7. The van der Waals surface area contributed by atoms with Gasteiger partial charge in [-0.3, -0.25) is 24.1 Å². The fourth-order valence-corrected chi connectivity index (χ4v) is 8.32. The molecular weight excluding hydrogens is 687 g/mol. The van der Waals surface area contributed by atoms with E-state index in [1.165, 1.54) is 4.90 Å². The first kappa shape index (κ1) is 37.3. The number of pyridine rings is 1. The fraction of sp³-hybridized carbons (Fsp3) is 0.553. The predicted molar refractivity (Wildman–Crippen MR) is 193 cm³/mol. The van der Waals surface area contributed by atoms with Crippen LogP contribution in [0, 0.1) is 12.8 Å². The highest BCUT2D eigenvalue weighted by Gasteiger charge is 2.62. The minimum atomic E-state index is -3.88. The van der Waals surface area contributed by atoms with Crippen molar-refractivity contribution >= 4 is 33.8 Å². The second-order valence-corrected chi connectivity index (χ2v) is 17.4. The second kappa shape index (κ2) is 14.9. The molecule has 4 amide bonds. The number of alkyl carbamates (subject to hydrolysis) is 1. The Morgan fingerprint density at radius 1 is 1.04 bits per heavy atom. The summed E-state index contributed by atoms with van der Waals surface area (Å²) in [5.41, 5.74) is 0.0613. The second-order valence-electron chi connectivity index (χ2n) is 15.4. The number of carbonyl (C=O) groups excluding carboxylic acids is 4. The zero-order valence-corrected chi connectivity index (χ0v) is 31.0. The molecule has 3 heterocycles. The van der Waals surface area contributed by atoms with E-state index in [0.29, 0.717) is 43.5 Å². The van der Waals surface area contributed by atoms with Crippen LogP contribution in [0.4, 0.5) is 4.79 Å². The number of sulfonamides is 1. The fourth-order valence-electron chi connectivity index (χ4n) is 6.95. The van der Waals surface area contributed by atoms with Gasteiger partial charge in [0.25, 0.3) is 5.91 Å². The van der Waals surface area contributed by atoms with E-state index in [1.807, 2.05) is 55.5 Å². The van der Waals surface area contributed by atoms with Crippen LogP contribution in [-0.2, 0) is 29.1 Å². The van der Waals surface area contributed by atoms with Crippen LogP contribution >= 0.6 is 0 Å². The molecule has 280 valence electrons. The predicted octanol–water partition coefficient (Wildman–Crippen LogP) is 4.30. The third-order valence-corrected chi connectivity index (χ3v) is 11.7. The SMILES string of the molecule is Cc1cc(O[C@@H]2C[C@H]3C(=O)N[C@]4(C(=O)NS(=O)(=O)C5CC5)C[C@H]4/C=C/CCCCC[C@H](NC(=O)OC(C)(C)C)C(=O)N3C2)cc(-c2ccccc2)n1. The average Bonchev–Trinajstić information content (AvgIpc) is 3.99. The van der Waals surface area contributed by atoms with Gasteiger partial charge >= 0.3 is 6.09 Å². The Morgan fingerprint density at radius 2 is 1.79 bits per heavy atom. The van der Waals surface area contributed by atoms with E-state index in [-0.39, 0.29) is 19.4 Å². The molecule has 1 aromatic heterocycles. The first-order valence-corrected chi connectivity index (χ1v) is 19.7. The Balaban J connectivity index is 1.29. The molecule has 6 rings (SSSR count). The lowest BCUT2D eigenvalue weighted by atomic mass is 10.0. The Bertz CT molecular complexity index is 1820. The smallest absolute Gasteiger partial charge is 0.408 e. The summed E-state index contributed by atoms with van der Waals surface area (Å²) in [5, 5.41) is 5.02. The van der Waals surface area contributed by atoms with Gasteiger partial charge in [-0.15, -0.1) is 0 Å². The van der Waals surface area contributed by atoms with E-state index < -0.39 is 74.3 Å². The molecule has 14 heteroatoms. The van der Waals surface area contributed by atoms with Crippen molar-refractivity contribution < 1.29 is 37.1 Å². The quantitative estimate of drug-likeness (QED) is 0.351. The number of ether oxygens (including phenoxy) is 2. The molecule has 0 radical (unpaired) electrons. The molecule has 0 unspecified atom stereocenters. The lowest BCUT2D eigenvalue weighted by Gasteiger charge is -2.30. The average molecular weight is 736 g/mol. The molecule has 2 aromatic rings. The van der Waals surface area contributed by atoms with Gasteiger partial charge in [0.2, 0.25) is 21.8 Å². The number of amides is 4. The van der Waals surface area contributed by atoms with E-state index in [9.17, 15) is 27.6 Å². The van der Waals surface area contributed by atoms with Gasteiger partial charge in [0.15, 0.2) is 0 Å². The van der Waals surface area contributed by atoms with Crippen molar-refractivity contribution in [2.45, 2.75) is 120 Å². The summed E-state index contributed by atoms with van der Waals surface area (Å²) in [6, 6.07) is 11.2. The molecule has 13 nitrogen and oxygen atoms in total. The summed E-state index contributed by atoms with van der Waals surface area (Å²) in [7, 11) is -3.88. The Morgan fingerprint density at radius 3 is 2.50 bits per heavy atom. The molecule has 3 N–H and O–H groups in total. The molecule has 3 fully saturated rings. The van der Waals surface area contributed by atoms with Crippen molar-refractivity contribution in [1.82, 2.24) is 25.2 Å². The lowest BCUT2D eigenvalue weighted by Crippen LogP contribution is -2.58. The maximum absolute atomic E-state index is 14.4. The van der Waals surface area contributed by atoms with Crippen molar-refractivity contribution in [2.24, 2.45) is 5.92 Å². The third-order valence-electron chi connectivity index (χ3n) is 9.83. The molecule has 0 bridgehead atoms. The largest absolute Gasteiger partial charge is 0.488 e.